The monoisotopic (exact) mass is 344 g/mol. The van der Waals surface area contributed by atoms with Crippen LogP contribution in [0.3, 0.4) is 0 Å². The minimum atomic E-state index is -3.97. The molecule has 0 aliphatic heterocycles. The number of nitrogens with one attached hydrogen (secondary N) is 1. The summed E-state index contributed by atoms with van der Waals surface area (Å²) < 4.78 is 52.2. The van der Waals surface area contributed by atoms with Gasteiger partial charge in [-0.15, -0.1) is 0 Å². The summed E-state index contributed by atoms with van der Waals surface area (Å²) in [6, 6.07) is 5.01. The Bertz CT molecular complexity index is 845. The van der Waals surface area contributed by atoms with Gasteiger partial charge in [-0.25, -0.2) is 26.5 Å². The third-order valence-corrected chi connectivity index (χ3v) is 5.75. The van der Waals surface area contributed by atoms with E-state index >= 15 is 0 Å². The Morgan fingerprint density at radius 3 is 2.36 bits per heavy atom. The minimum absolute atomic E-state index is 0.226. The highest BCUT2D eigenvalue weighted by Gasteiger charge is 2.25. The Balaban J connectivity index is 2.28. The van der Waals surface area contributed by atoms with Crippen molar-refractivity contribution in [3.8, 4) is 0 Å². The minimum Gasteiger partial charge on any atom is -0.251 e. The molecule has 0 fully saturated rings. The summed E-state index contributed by atoms with van der Waals surface area (Å²) in [4.78, 5) is 3.28. The van der Waals surface area contributed by atoms with Gasteiger partial charge in [0.05, 0.1) is 11.4 Å². The second kappa shape index (κ2) is 6.15. The zero-order valence-electron chi connectivity index (χ0n) is 12.0. The maximum Gasteiger partial charge on any atom is 0.242 e. The van der Waals surface area contributed by atoms with Crippen LogP contribution in [0, 0.1) is 0 Å². The van der Waals surface area contributed by atoms with Crippen LogP contribution in [0.25, 0.3) is 0 Å². The number of rotatable bonds is 6. The number of nitrogens with zero attached hydrogens (tertiary/aromatic N) is 3. The first-order valence-corrected chi connectivity index (χ1v) is 9.71. The quantitative estimate of drug-likeness (QED) is 0.792. The molecule has 0 aliphatic rings. The highest BCUT2D eigenvalue weighted by molar-refractivity contribution is 7.93. The van der Waals surface area contributed by atoms with E-state index < -0.39 is 25.9 Å². The van der Waals surface area contributed by atoms with Crippen LogP contribution < -0.4 is 4.72 Å². The van der Waals surface area contributed by atoms with Crippen LogP contribution >= 0.6 is 0 Å². The fraction of sp³-hybridized carbons (Fsp3) is 0.333. The van der Waals surface area contributed by atoms with Gasteiger partial charge in [-0.1, -0.05) is 12.1 Å². The van der Waals surface area contributed by atoms with E-state index in [2.05, 4.69) is 14.8 Å². The molecule has 1 aromatic heterocycles. The predicted molar refractivity (Wildman–Crippen MR) is 79.4 cm³/mol. The fourth-order valence-corrected chi connectivity index (χ4v) is 4.82. The number of hydrogen-bond acceptors (Lipinski definition) is 6. The summed E-state index contributed by atoms with van der Waals surface area (Å²) in [5.41, 5.74) is 0. The molecular weight excluding hydrogens is 328 g/mol. The summed E-state index contributed by atoms with van der Waals surface area (Å²) in [6.45, 7) is 1.93. The molecule has 0 saturated heterocycles. The van der Waals surface area contributed by atoms with E-state index in [9.17, 15) is 16.8 Å². The van der Waals surface area contributed by atoms with Crippen LogP contribution in [0.15, 0.2) is 46.7 Å². The molecular formula is C12H16N4O4S2. The van der Waals surface area contributed by atoms with Crippen molar-refractivity contribution in [3.05, 3.63) is 36.9 Å². The molecule has 1 atom stereocenters. The zero-order valence-corrected chi connectivity index (χ0v) is 13.7. The van der Waals surface area contributed by atoms with Gasteiger partial charge in [0.15, 0.2) is 9.84 Å². The summed E-state index contributed by atoms with van der Waals surface area (Å²) in [7, 11) is -7.62. The van der Waals surface area contributed by atoms with E-state index in [1.807, 2.05) is 0 Å². The Hall–Kier alpha value is -1.78. The molecule has 120 valence electrons. The van der Waals surface area contributed by atoms with Gasteiger partial charge in [-0.3, -0.25) is 4.68 Å². The van der Waals surface area contributed by atoms with E-state index in [4.69, 9.17) is 0 Å². The average molecular weight is 344 g/mol. The molecule has 0 aliphatic carbocycles. The topological polar surface area (TPSA) is 111 Å². The Morgan fingerprint density at radius 1 is 1.18 bits per heavy atom. The van der Waals surface area contributed by atoms with Crippen molar-refractivity contribution < 1.29 is 16.8 Å². The number of aromatic nitrogens is 3. The maximum atomic E-state index is 12.4. The van der Waals surface area contributed by atoms with Crippen LogP contribution in [-0.2, 0) is 26.4 Å². The van der Waals surface area contributed by atoms with Crippen molar-refractivity contribution in [2.45, 2.75) is 29.3 Å². The molecule has 2 aromatic rings. The molecule has 0 saturated carbocycles. The van der Waals surface area contributed by atoms with Gasteiger partial charge in [0.2, 0.25) is 10.0 Å². The normalized spacial score (nSPS) is 13.9. The van der Waals surface area contributed by atoms with Crippen molar-refractivity contribution in [2.24, 2.45) is 0 Å². The van der Waals surface area contributed by atoms with Crippen molar-refractivity contribution in [2.75, 3.05) is 6.26 Å². The maximum absolute atomic E-state index is 12.4. The molecule has 10 heteroatoms. The largest absolute Gasteiger partial charge is 0.251 e. The van der Waals surface area contributed by atoms with E-state index in [1.54, 1.807) is 6.92 Å². The lowest BCUT2D eigenvalue weighted by atomic mass is 10.4. The summed E-state index contributed by atoms with van der Waals surface area (Å²) in [5, 5.41) is 3.89. The molecule has 1 heterocycles. The lowest BCUT2D eigenvalue weighted by Crippen LogP contribution is -2.36. The van der Waals surface area contributed by atoms with E-state index in [0.717, 1.165) is 6.26 Å². The van der Waals surface area contributed by atoms with Crippen LogP contribution in [0.4, 0.5) is 0 Å². The van der Waals surface area contributed by atoms with Gasteiger partial charge >= 0.3 is 0 Å². The highest BCUT2D eigenvalue weighted by Crippen LogP contribution is 2.20. The molecule has 2 rings (SSSR count). The first-order chi connectivity index (χ1) is 10.2. The molecule has 0 bridgehead atoms. The van der Waals surface area contributed by atoms with Crippen LogP contribution in [-0.4, -0.2) is 43.9 Å². The molecule has 0 radical (unpaired) electrons. The lowest BCUT2D eigenvalue weighted by Gasteiger charge is -2.15. The second-order valence-electron chi connectivity index (χ2n) is 4.86. The smallest absolute Gasteiger partial charge is 0.242 e. The number of sulfonamides is 1. The zero-order chi connectivity index (χ0) is 16.4. The number of benzene rings is 1. The molecule has 8 nitrogen and oxygen atoms in total. The van der Waals surface area contributed by atoms with Gasteiger partial charge in [0.25, 0.3) is 0 Å². The first kappa shape index (κ1) is 16.6. The fourth-order valence-electron chi connectivity index (χ4n) is 1.95. The van der Waals surface area contributed by atoms with Gasteiger partial charge in [0.1, 0.15) is 17.6 Å². The Kier molecular flexibility index (Phi) is 4.63. The van der Waals surface area contributed by atoms with Crippen LogP contribution in [0.2, 0.25) is 0 Å². The van der Waals surface area contributed by atoms with E-state index in [-0.39, 0.29) is 16.3 Å². The van der Waals surface area contributed by atoms with E-state index in [0.29, 0.717) is 0 Å². The first-order valence-electron chi connectivity index (χ1n) is 6.34. The van der Waals surface area contributed by atoms with Gasteiger partial charge in [-0.2, -0.15) is 5.10 Å². The van der Waals surface area contributed by atoms with Gasteiger partial charge < -0.3 is 0 Å². The summed E-state index contributed by atoms with van der Waals surface area (Å²) in [6.07, 6.45) is 3.79. The number of sulfone groups is 1. The molecule has 22 heavy (non-hydrogen) atoms. The van der Waals surface area contributed by atoms with Gasteiger partial charge in [0, 0.05) is 12.3 Å². The third kappa shape index (κ3) is 3.90. The van der Waals surface area contributed by atoms with Crippen LogP contribution in [0.5, 0.6) is 0 Å². The highest BCUT2D eigenvalue weighted by atomic mass is 32.2. The predicted octanol–water partition coefficient (Wildman–Crippen LogP) is 0.0486. The molecule has 0 amide bonds. The van der Waals surface area contributed by atoms with Crippen molar-refractivity contribution >= 4 is 19.9 Å². The third-order valence-electron chi connectivity index (χ3n) is 2.82. The van der Waals surface area contributed by atoms with Crippen molar-refractivity contribution in [3.63, 3.8) is 0 Å². The molecule has 0 spiro atoms. The Morgan fingerprint density at radius 2 is 1.82 bits per heavy atom. The standard InChI is InChI=1S/C12H16N4O4S2/c1-10(7-16-9-13-8-14-16)15-22(19,20)12-6-4-3-5-11(12)21(2,17)18/h3-6,8-10,15H,7H2,1-2H3. The van der Waals surface area contributed by atoms with Crippen LogP contribution in [0.1, 0.15) is 6.92 Å². The lowest BCUT2D eigenvalue weighted by molar-refractivity contribution is 0.492. The van der Waals surface area contributed by atoms with E-state index in [1.165, 1.54) is 41.6 Å². The summed E-state index contributed by atoms with van der Waals surface area (Å²) in [5.74, 6) is 0. The molecule has 1 unspecified atom stereocenters. The summed E-state index contributed by atoms with van der Waals surface area (Å²) >= 11 is 0. The second-order valence-corrected chi connectivity index (χ2v) is 8.53. The average Bonchev–Trinajstić information content (AvgIpc) is 2.89. The van der Waals surface area contributed by atoms with Crippen molar-refractivity contribution in [1.29, 1.82) is 0 Å². The van der Waals surface area contributed by atoms with Crippen molar-refractivity contribution in [1.82, 2.24) is 19.5 Å². The number of hydrogen-bond donors (Lipinski definition) is 1. The Labute approximate surface area is 129 Å². The SMILES string of the molecule is CC(Cn1cncn1)NS(=O)(=O)c1ccccc1S(C)(=O)=O. The molecule has 1 aromatic carbocycles. The van der Waals surface area contributed by atoms with Gasteiger partial charge in [-0.05, 0) is 19.1 Å². The molecule has 1 N–H and O–H groups in total.